The van der Waals surface area contributed by atoms with E-state index in [0.29, 0.717) is 40.0 Å². The maximum atomic E-state index is 12.8. The second-order valence-electron chi connectivity index (χ2n) is 4.79. The van der Waals surface area contributed by atoms with Gasteiger partial charge in [0.25, 0.3) is 0 Å². The quantitative estimate of drug-likeness (QED) is 0.458. The van der Waals surface area contributed by atoms with Gasteiger partial charge in [0, 0.05) is 17.0 Å². The number of nitriles is 1. The minimum absolute atomic E-state index is 0.109. The predicted molar refractivity (Wildman–Crippen MR) is 86.3 cm³/mol. The van der Waals surface area contributed by atoms with Crippen LogP contribution in [0.5, 0.6) is 5.75 Å². The molecule has 23 heavy (non-hydrogen) atoms. The molecule has 1 heterocycles. The van der Waals surface area contributed by atoms with Gasteiger partial charge in [0.05, 0.1) is 12.2 Å². The van der Waals surface area contributed by atoms with Gasteiger partial charge >= 0.3 is 0 Å². The molecule has 0 saturated carbocycles. The second-order valence-corrected chi connectivity index (χ2v) is 5.88. The number of ether oxygens (including phenoxy) is 1. The lowest BCUT2D eigenvalue weighted by Crippen LogP contribution is -2.04. The van der Waals surface area contributed by atoms with Gasteiger partial charge in [-0.05, 0) is 44.2 Å². The van der Waals surface area contributed by atoms with E-state index in [1.54, 1.807) is 25.1 Å². The number of hydrogen-bond acceptors (Lipinski definition) is 5. The minimum Gasteiger partial charge on any atom is -0.493 e. The molecule has 0 fully saturated rings. The highest BCUT2D eigenvalue weighted by Gasteiger charge is 2.12. The van der Waals surface area contributed by atoms with Gasteiger partial charge in [-0.25, -0.2) is 9.37 Å². The van der Waals surface area contributed by atoms with Crippen molar-refractivity contribution in [1.29, 1.82) is 5.26 Å². The number of nitrogens with zero attached hydrogens (tertiary/aromatic N) is 2. The number of aromatic nitrogens is 1. The summed E-state index contributed by atoms with van der Waals surface area (Å²) in [4.78, 5) is 15.8. The van der Waals surface area contributed by atoms with Crippen LogP contribution in [0.3, 0.4) is 0 Å². The van der Waals surface area contributed by atoms with E-state index in [-0.39, 0.29) is 11.6 Å². The fourth-order valence-corrected chi connectivity index (χ4v) is 2.78. The van der Waals surface area contributed by atoms with Gasteiger partial charge in [-0.2, -0.15) is 5.26 Å². The van der Waals surface area contributed by atoms with Crippen LogP contribution in [0.4, 0.5) is 4.39 Å². The monoisotopic (exact) mass is 330 g/mol. The van der Waals surface area contributed by atoms with E-state index in [0.717, 1.165) is 0 Å². The van der Waals surface area contributed by atoms with Crippen molar-refractivity contribution < 1.29 is 13.9 Å². The lowest BCUT2D eigenvalue weighted by atomic mass is 10.1. The number of rotatable bonds is 6. The Morgan fingerprint density at radius 2 is 2.09 bits per heavy atom. The molecule has 2 rings (SSSR count). The summed E-state index contributed by atoms with van der Waals surface area (Å²) in [6.45, 7) is 3.60. The summed E-state index contributed by atoms with van der Waals surface area (Å²) in [6, 6.07) is 9.43. The Hall–Kier alpha value is -2.39. The molecule has 1 aromatic carbocycles. The molecular weight excluding hydrogens is 315 g/mol. The Kier molecular flexibility index (Phi) is 5.72. The normalized spacial score (nSPS) is 10.2. The third-order valence-corrected chi connectivity index (χ3v) is 4.04. The first kappa shape index (κ1) is 17.0. The van der Waals surface area contributed by atoms with Crippen LogP contribution in [0.1, 0.15) is 28.5 Å². The third-order valence-electron chi connectivity index (χ3n) is 3.08. The Bertz CT molecular complexity index is 754. The molecule has 2 aromatic rings. The van der Waals surface area contributed by atoms with Crippen LogP contribution in [0.2, 0.25) is 0 Å². The maximum Gasteiger partial charge on any atom is 0.161 e. The lowest BCUT2D eigenvalue weighted by Gasteiger charge is -2.09. The van der Waals surface area contributed by atoms with Gasteiger partial charge in [0.2, 0.25) is 0 Å². The second kappa shape index (κ2) is 7.75. The van der Waals surface area contributed by atoms with Crippen LogP contribution in [-0.2, 0) is 0 Å². The molecule has 0 N–H and O–H groups in total. The highest BCUT2D eigenvalue weighted by atomic mass is 32.2. The van der Waals surface area contributed by atoms with Crippen LogP contribution >= 0.6 is 11.8 Å². The van der Waals surface area contributed by atoms with E-state index in [9.17, 15) is 14.4 Å². The number of pyridine rings is 1. The zero-order valence-electron chi connectivity index (χ0n) is 12.8. The van der Waals surface area contributed by atoms with E-state index >= 15 is 0 Å². The summed E-state index contributed by atoms with van der Waals surface area (Å²) in [5, 5.41) is 9.78. The number of aryl methyl sites for hydroxylation is 1. The third kappa shape index (κ3) is 4.54. The highest BCUT2D eigenvalue weighted by Crippen LogP contribution is 2.23. The van der Waals surface area contributed by atoms with Gasteiger partial charge in [-0.1, -0.05) is 0 Å². The van der Waals surface area contributed by atoms with Crippen molar-refractivity contribution in [3.05, 3.63) is 53.0 Å². The summed E-state index contributed by atoms with van der Waals surface area (Å²) < 4.78 is 18.3. The summed E-state index contributed by atoms with van der Waals surface area (Å²) in [7, 11) is 0. The topological polar surface area (TPSA) is 63.0 Å². The SMILES string of the molecule is CC(=O)c1cc(C#N)c(SCCOc2ccc(F)cc2)nc1C. The zero-order chi connectivity index (χ0) is 16.8. The number of ketones is 1. The highest BCUT2D eigenvalue weighted by molar-refractivity contribution is 7.99. The van der Waals surface area contributed by atoms with Crippen LogP contribution in [0, 0.1) is 24.1 Å². The average molecular weight is 330 g/mol. The number of halogens is 1. The van der Waals surface area contributed by atoms with Gasteiger partial charge in [-0.15, -0.1) is 11.8 Å². The molecule has 118 valence electrons. The van der Waals surface area contributed by atoms with Crippen molar-refractivity contribution in [1.82, 2.24) is 4.98 Å². The maximum absolute atomic E-state index is 12.8. The summed E-state index contributed by atoms with van der Waals surface area (Å²) in [5.74, 6) is 0.750. The minimum atomic E-state index is -0.310. The summed E-state index contributed by atoms with van der Waals surface area (Å²) >= 11 is 1.38. The van der Waals surface area contributed by atoms with E-state index in [1.165, 1.54) is 30.8 Å². The molecule has 0 bridgehead atoms. The number of carbonyl (C=O) groups excluding carboxylic acids is 1. The summed E-state index contributed by atoms with van der Waals surface area (Å²) in [5.41, 5.74) is 1.46. The molecule has 6 heteroatoms. The van der Waals surface area contributed by atoms with Gasteiger partial charge in [0.1, 0.15) is 22.7 Å². The van der Waals surface area contributed by atoms with Crippen molar-refractivity contribution in [3.8, 4) is 11.8 Å². The molecule has 0 atom stereocenters. The number of thioether (sulfide) groups is 1. The molecule has 4 nitrogen and oxygen atoms in total. The predicted octanol–water partition coefficient (Wildman–Crippen LogP) is 3.77. The standard InChI is InChI=1S/C17H15FN2O2S/c1-11-16(12(2)21)9-13(10-19)17(20-11)23-8-7-22-15-5-3-14(18)4-6-15/h3-6,9H,7-8H2,1-2H3. The first-order valence-corrected chi connectivity index (χ1v) is 7.93. The Morgan fingerprint density at radius 1 is 1.39 bits per heavy atom. The molecular formula is C17H15FN2O2S. The number of carbonyl (C=O) groups is 1. The van der Waals surface area contributed by atoms with E-state index in [4.69, 9.17) is 4.74 Å². The van der Waals surface area contributed by atoms with E-state index in [2.05, 4.69) is 11.1 Å². The van der Waals surface area contributed by atoms with Crippen molar-refractivity contribution in [3.63, 3.8) is 0 Å². The van der Waals surface area contributed by atoms with E-state index < -0.39 is 0 Å². The number of Topliss-reactive ketones (excluding diaryl/α,β-unsaturated/α-hetero) is 1. The summed E-state index contributed by atoms with van der Waals surface area (Å²) in [6.07, 6.45) is 0. The molecule has 0 amide bonds. The molecule has 0 spiro atoms. The zero-order valence-corrected chi connectivity index (χ0v) is 13.6. The lowest BCUT2D eigenvalue weighted by molar-refractivity contribution is 0.101. The van der Waals surface area contributed by atoms with Crippen LogP contribution in [0.15, 0.2) is 35.4 Å². The first-order valence-electron chi connectivity index (χ1n) is 6.95. The van der Waals surface area contributed by atoms with Gasteiger partial charge in [-0.3, -0.25) is 4.79 Å². The fourth-order valence-electron chi connectivity index (χ4n) is 1.96. The van der Waals surface area contributed by atoms with Crippen molar-refractivity contribution >= 4 is 17.5 Å². The molecule has 0 unspecified atom stereocenters. The van der Waals surface area contributed by atoms with Crippen molar-refractivity contribution in [2.24, 2.45) is 0 Å². The van der Waals surface area contributed by atoms with Crippen LogP contribution in [-0.4, -0.2) is 23.1 Å². The molecule has 0 aliphatic rings. The molecule has 0 radical (unpaired) electrons. The molecule has 0 saturated heterocycles. The Morgan fingerprint density at radius 3 is 2.70 bits per heavy atom. The van der Waals surface area contributed by atoms with Crippen molar-refractivity contribution in [2.45, 2.75) is 18.9 Å². The van der Waals surface area contributed by atoms with Gasteiger partial charge in [0.15, 0.2) is 5.78 Å². The average Bonchev–Trinajstić information content (AvgIpc) is 2.53. The van der Waals surface area contributed by atoms with Crippen LogP contribution in [0.25, 0.3) is 0 Å². The molecule has 0 aliphatic heterocycles. The van der Waals surface area contributed by atoms with Crippen LogP contribution < -0.4 is 4.74 Å². The Labute approximate surface area is 138 Å². The van der Waals surface area contributed by atoms with E-state index in [1.807, 2.05) is 0 Å². The molecule has 0 aliphatic carbocycles. The number of hydrogen-bond donors (Lipinski definition) is 0. The number of benzene rings is 1. The Balaban J connectivity index is 1.98. The molecule has 1 aromatic heterocycles. The smallest absolute Gasteiger partial charge is 0.161 e. The van der Waals surface area contributed by atoms with Gasteiger partial charge < -0.3 is 4.74 Å². The van der Waals surface area contributed by atoms with Crippen molar-refractivity contribution in [2.75, 3.05) is 12.4 Å². The first-order chi connectivity index (χ1) is 11.0. The largest absolute Gasteiger partial charge is 0.493 e. The fraction of sp³-hybridized carbons (Fsp3) is 0.235.